The molecule has 1 unspecified atom stereocenters. The van der Waals surface area contributed by atoms with Crippen molar-refractivity contribution < 1.29 is 57.1 Å². The first-order valence-corrected chi connectivity index (χ1v) is 23.1. The quantitative estimate of drug-likeness (QED) is 0.0379. The van der Waals surface area contributed by atoms with Crippen LogP contribution in [0.4, 0.5) is 19.2 Å². The molecule has 0 heterocycles. The van der Waals surface area contributed by atoms with Gasteiger partial charge in [0.1, 0.15) is 45.6 Å². The van der Waals surface area contributed by atoms with Gasteiger partial charge in [-0.25, -0.2) is 19.2 Å². The molecular formula is C59H62O12. The normalized spacial score (nSPS) is 12.6. The van der Waals surface area contributed by atoms with E-state index in [0.29, 0.717) is 23.0 Å². The standard InChI is InChI=1S/C59H62O12/c1-38(2)64-51(60)65-47-30-22-43(23-31-47)58(12,44-24-32-48(33-25-44)66-52(61)69-55(3,4)5)41-18-14-39(15-19-41)40-16-20-42(21-17-40)59(13,45-26-34-49(35-27-45)67-53(62)70-56(6,7)8)46-28-36-50(37-29-46)68-54(63)71-57(9,10)11/h14-37H,1H2,2-13H3. The molecule has 0 aliphatic rings. The van der Waals surface area contributed by atoms with Crippen LogP contribution in [0.25, 0.3) is 11.1 Å². The van der Waals surface area contributed by atoms with Crippen LogP contribution in [0, 0.1) is 0 Å². The van der Waals surface area contributed by atoms with Crippen molar-refractivity contribution in [3.8, 4) is 34.1 Å². The fourth-order valence-corrected chi connectivity index (χ4v) is 7.78. The first kappa shape index (κ1) is 52.5. The molecule has 0 radical (unpaired) electrons. The van der Waals surface area contributed by atoms with Gasteiger partial charge < -0.3 is 37.9 Å². The van der Waals surface area contributed by atoms with Gasteiger partial charge in [-0.15, -0.1) is 0 Å². The van der Waals surface area contributed by atoms with Gasteiger partial charge in [-0.1, -0.05) is 104 Å². The molecule has 0 aliphatic heterocycles. The fourth-order valence-electron chi connectivity index (χ4n) is 7.78. The third kappa shape index (κ3) is 13.9. The third-order valence-corrected chi connectivity index (χ3v) is 11.2. The van der Waals surface area contributed by atoms with Gasteiger partial charge in [0.25, 0.3) is 0 Å². The molecular weight excluding hydrogens is 901 g/mol. The average Bonchev–Trinajstić information content (AvgIpc) is 3.27. The minimum absolute atomic E-state index is 0.211. The Bertz CT molecular complexity index is 2750. The van der Waals surface area contributed by atoms with Crippen molar-refractivity contribution in [1.29, 1.82) is 0 Å². The summed E-state index contributed by atoms with van der Waals surface area (Å²) in [4.78, 5) is 49.7. The van der Waals surface area contributed by atoms with Gasteiger partial charge >= 0.3 is 24.6 Å². The number of benzene rings is 6. The highest BCUT2D eigenvalue weighted by Crippen LogP contribution is 2.43. The van der Waals surface area contributed by atoms with E-state index in [1.165, 1.54) is 0 Å². The summed E-state index contributed by atoms with van der Waals surface area (Å²) in [5.74, 6) is 1.50. The van der Waals surface area contributed by atoms with Crippen LogP contribution >= 0.6 is 0 Å². The molecule has 0 saturated carbocycles. The molecule has 0 aliphatic carbocycles. The van der Waals surface area contributed by atoms with E-state index in [9.17, 15) is 19.2 Å². The average molecular weight is 963 g/mol. The Hall–Kier alpha value is -7.86. The fraction of sp³-hybridized carbons (Fsp3) is 0.288. The van der Waals surface area contributed by atoms with E-state index in [4.69, 9.17) is 37.9 Å². The van der Waals surface area contributed by atoms with Crippen molar-refractivity contribution in [2.24, 2.45) is 0 Å². The maximum Gasteiger partial charge on any atom is 0.519 e. The van der Waals surface area contributed by atoms with Crippen LogP contribution in [0.5, 0.6) is 23.0 Å². The maximum absolute atomic E-state index is 12.5. The second-order valence-corrected chi connectivity index (χ2v) is 20.4. The number of hydrogen-bond donors (Lipinski definition) is 0. The van der Waals surface area contributed by atoms with Crippen molar-refractivity contribution in [3.63, 3.8) is 0 Å². The molecule has 12 nitrogen and oxygen atoms in total. The predicted octanol–water partition coefficient (Wildman–Crippen LogP) is 15.1. The van der Waals surface area contributed by atoms with Gasteiger partial charge in [0, 0.05) is 10.8 Å². The lowest BCUT2D eigenvalue weighted by molar-refractivity contribution is 0.0193. The Morgan fingerprint density at radius 2 is 0.521 bits per heavy atom. The zero-order chi connectivity index (χ0) is 51.9. The van der Waals surface area contributed by atoms with E-state index in [0.717, 1.165) is 44.5 Å². The lowest BCUT2D eigenvalue weighted by atomic mass is 9.70. The van der Waals surface area contributed by atoms with Gasteiger partial charge in [0.05, 0.1) is 0 Å². The molecule has 6 aromatic rings. The van der Waals surface area contributed by atoms with Crippen LogP contribution < -0.4 is 18.9 Å². The summed E-state index contributed by atoms with van der Waals surface area (Å²) in [5.41, 5.74) is 3.84. The van der Waals surface area contributed by atoms with E-state index in [2.05, 4.69) is 69.0 Å². The van der Waals surface area contributed by atoms with E-state index >= 15 is 0 Å². The molecule has 0 aromatic heterocycles. The Kier molecular flexibility index (Phi) is 15.5. The number of hydrogen-bond acceptors (Lipinski definition) is 12. The molecule has 0 spiro atoms. The van der Waals surface area contributed by atoms with Gasteiger partial charge in [-0.3, -0.25) is 0 Å². The molecule has 0 fully saturated rings. The molecule has 0 bridgehead atoms. The molecule has 370 valence electrons. The van der Waals surface area contributed by atoms with E-state index in [1.807, 2.05) is 48.5 Å². The molecule has 1 atom stereocenters. The Balaban J connectivity index is 1.33. The minimum atomic E-state index is -0.886. The SMILES string of the molecule is C=C(C)OC(=O)Oc1ccc(C(C)(c2ccc(OC(=O)OC(C)(C)C)cc2)c2ccc(-c3ccc(C(C)(c4ccc(OC(=O)OC(C)(C)C)cc4)c4ccc(OC(=O)OC(C)(C)C)cc4)cc3)cc2)cc1. The largest absolute Gasteiger partial charge is 0.519 e. The second kappa shape index (κ2) is 21.0. The summed E-state index contributed by atoms with van der Waals surface area (Å²) < 4.78 is 42.9. The molecule has 0 saturated heterocycles. The second-order valence-electron chi connectivity index (χ2n) is 20.4. The molecule has 0 amide bonds. The summed E-state index contributed by atoms with van der Waals surface area (Å²) in [6, 6.07) is 45.6. The highest BCUT2D eigenvalue weighted by molar-refractivity contribution is 5.69. The topological polar surface area (TPSA) is 142 Å². The van der Waals surface area contributed by atoms with E-state index in [1.54, 1.807) is 118 Å². The number of ether oxygens (including phenoxy) is 8. The van der Waals surface area contributed by atoms with Crippen molar-refractivity contribution in [1.82, 2.24) is 0 Å². The summed E-state index contributed by atoms with van der Waals surface area (Å²) in [7, 11) is 0. The van der Waals surface area contributed by atoms with E-state index < -0.39 is 52.3 Å². The zero-order valence-electron chi connectivity index (χ0n) is 42.5. The molecule has 12 heteroatoms. The summed E-state index contributed by atoms with van der Waals surface area (Å²) in [5, 5.41) is 0. The predicted molar refractivity (Wildman–Crippen MR) is 271 cm³/mol. The van der Waals surface area contributed by atoms with Crippen molar-refractivity contribution in [3.05, 3.63) is 191 Å². The third-order valence-electron chi connectivity index (χ3n) is 11.2. The first-order chi connectivity index (χ1) is 33.2. The number of rotatable bonds is 12. The van der Waals surface area contributed by atoms with Gasteiger partial charge in [0.15, 0.2) is 0 Å². The van der Waals surface area contributed by atoms with Crippen molar-refractivity contribution in [2.45, 2.75) is 111 Å². The Morgan fingerprint density at radius 3 is 0.718 bits per heavy atom. The highest BCUT2D eigenvalue weighted by atomic mass is 16.7. The first-order valence-electron chi connectivity index (χ1n) is 23.1. The van der Waals surface area contributed by atoms with Crippen LogP contribution in [0.3, 0.4) is 0 Å². The molecule has 0 N–H and O–H groups in total. The van der Waals surface area contributed by atoms with Crippen LogP contribution in [-0.4, -0.2) is 41.4 Å². The molecule has 6 rings (SSSR count). The lowest BCUT2D eigenvalue weighted by Crippen LogP contribution is -2.27. The monoisotopic (exact) mass is 962 g/mol. The number of allylic oxidation sites excluding steroid dienone is 1. The van der Waals surface area contributed by atoms with Crippen molar-refractivity contribution in [2.75, 3.05) is 0 Å². The van der Waals surface area contributed by atoms with Gasteiger partial charge in [0.2, 0.25) is 0 Å². The number of carbonyl (C=O) groups is 4. The number of carbonyl (C=O) groups excluding carboxylic acids is 4. The van der Waals surface area contributed by atoms with Crippen LogP contribution in [0.2, 0.25) is 0 Å². The Morgan fingerprint density at radius 1 is 0.324 bits per heavy atom. The molecule has 6 aromatic carbocycles. The maximum atomic E-state index is 12.5. The zero-order valence-corrected chi connectivity index (χ0v) is 42.5. The van der Waals surface area contributed by atoms with Crippen LogP contribution in [-0.2, 0) is 29.8 Å². The molecule has 71 heavy (non-hydrogen) atoms. The van der Waals surface area contributed by atoms with Crippen molar-refractivity contribution >= 4 is 24.6 Å². The summed E-state index contributed by atoms with van der Waals surface area (Å²) in [6.45, 7) is 25.3. The Labute approximate surface area is 416 Å². The summed E-state index contributed by atoms with van der Waals surface area (Å²) >= 11 is 0. The van der Waals surface area contributed by atoms with Gasteiger partial charge in [-0.05, 0) is 176 Å². The lowest BCUT2D eigenvalue weighted by Gasteiger charge is -2.33. The van der Waals surface area contributed by atoms with Crippen LogP contribution in [0.15, 0.2) is 158 Å². The summed E-state index contributed by atoms with van der Waals surface area (Å²) in [6.07, 6.45) is -3.29. The minimum Gasteiger partial charge on any atom is -0.428 e. The van der Waals surface area contributed by atoms with Gasteiger partial charge in [-0.2, -0.15) is 0 Å². The highest BCUT2D eigenvalue weighted by Gasteiger charge is 2.34. The smallest absolute Gasteiger partial charge is 0.428 e. The van der Waals surface area contributed by atoms with Crippen LogP contribution in [0.1, 0.15) is 116 Å². The van der Waals surface area contributed by atoms with E-state index in [-0.39, 0.29) is 5.76 Å².